The van der Waals surface area contributed by atoms with Crippen molar-refractivity contribution in [3.05, 3.63) is 187 Å². The minimum Gasteiger partial charge on any atom is -0.310 e. The van der Waals surface area contributed by atoms with Crippen molar-refractivity contribution >= 4 is 38.6 Å². The minimum atomic E-state index is 0.113. The Morgan fingerprint density at radius 2 is 0.909 bits per heavy atom. The van der Waals surface area contributed by atoms with Gasteiger partial charge in [0.1, 0.15) is 0 Å². The molecule has 8 aromatic carbocycles. The second-order valence-corrected chi connectivity index (χ2v) is 16.9. The third-order valence-electron chi connectivity index (χ3n) is 14.2. The van der Waals surface area contributed by atoms with Crippen molar-refractivity contribution in [2.24, 2.45) is 23.7 Å². The van der Waals surface area contributed by atoms with Gasteiger partial charge in [0.2, 0.25) is 0 Å². The number of hydrogen-bond acceptors (Lipinski definition) is 1. The second kappa shape index (κ2) is 12.0. The molecule has 13 rings (SSSR count). The maximum Gasteiger partial charge on any atom is 0.0546 e. The molecule has 0 amide bonds. The van der Waals surface area contributed by atoms with Gasteiger partial charge in [-0.15, -0.1) is 0 Å². The molecule has 0 unspecified atom stereocenters. The van der Waals surface area contributed by atoms with Gasteiger partial charge in [-0.1, -0.05) is 146 Å². The molecule has 0 heterocycles. The maximum absolute atomic E-state index is 2.64. The predicted octanol–water partition coefficient (Wildman–Crippen LogP) is 14.5. The van der Waals surface area contributed by atoms with Crippen LogP contribution in [0.4, 0.5) is 17.1 Å². The molecule has 4 fully saturated rings. The van der Waals surface area contributed by atoms with Gasteiger partial charge in [-0.2, -0.15) is 0 Å². The Kier molecular flexibility index (Phi) is 6.88. The first-order chi connectivity index (χ1) is 27.2. The SMILES string of the molecule is c1ccc(-c2ccc(-c3ccc(N(c4ccc5c(c4)C4(c6ccccc6-5)C5CC6CC(C5)CC4C6)c4cc5ccccc5c5ccccc45)cc3)cc2)cc1. The number of rotatable bonds is 5. The number of hydrogen-bond donors (Lipinski definition) is 0. The van der Waals surface area contributed by atoms with E-state index < -0.39 is 0 Å². The van der Waals surface area contributed by atoms with E-state index in [1.165, 1.54) is 104 Å². The van der Waals surface area contributed by atoms with Gasteiger partial charge >= 0.3 is 0 Å². The quantitative estimate of drug-likeness (QED) is 0.161. The van der Waals surface area contributed by atoms with Crippen LogP contribution in [0.25, 0.3) is 54.9 Å². The third kappa shape index (κ3) is 4.66. The van der Waals surface area contributed by atoms with Gasteiger partial charge in [0.15, 0.2) is 0 Å². The van der Waals surface area contributed by atoms with E-state index in [4.69, 9.17) is 0 Å². The van der Waals surface area contributed by atoms with Gasteiger partial charge in [-0.25, -0.2) is 0 Å². The summed E-state index contributed by atoms with van der Waals surface area (Å²) in [5.41, 5.74) is 14.8. The van der Waals surface area contributed by atoms with E-state index in [9.17, 15) is 0 Å². The summed E-state index contributed by atoms with van der Waals surface area (Å²) in [5.74, 6) is 3.29. The van der Waals surface area contributed by atoms with E-state index >= 15 is 0 Å². The largest absolute Gasteiger partial charge is 0.310 e. The van der Waals surface area contributed by atoms with Gasteiger partial charge in [-0.05, 0) is 147 Å². The number of anilines is 3. The van der Waals surface area contributed by atoms with Crippen molar-refractivity contribution < 1.29 is 0 Å². The van der Waals surface area contributed by atoms with E-state index in [2.05, 4.69) is 181 Å². The maximum atomic E-state index is 2.64. The Morgan fingerprint density at radius 3 is 1.62 bits per heavy atom. The molecule has 264 valence electrons. The Bertz CT molecular complexity index is 2730. The summed E-state index contributed by atoms with van der Waals surface area (Å²) >= 11 is 0. The first kappa shape index (κ1) is 31.4. The highest BCUT2D eigenvalue weighted by molar-refractivity contribution is 6.14. The molecule has 5 aliphatic carbocycles. The van der Waals surface area contributed by atoms with Crippen LogP contribution >= 0.6 is 0 Å². The van der Waals surface area contributed by atoms with Crippen molar-refractivity contribution in [2.75, 3.05) is 4.90 Å². The zero-order valence-corrected chi connectivity index (χ0v) is 31.0. The molecule has 0 radical (unpaired) electrons. The normalized spacial score (nSPS) is 23.0. The summed E-state index contributed by atoms with van der Waals surface area (Å²) in [4.78, 5) is 2.56. The average Bonchev–Trinajstić information content (AvgIpc) is 3.53. The monoisotopic (exact) mass is 705 g/mol. The van der Waals surface area contributed by atoms with E-state index in [0.717, 1.165) is 23.7 Å². The molecule has 5 aliphatic rings. The summed E-state index contributed by atoms with van der Waals surface area (Å²) in [6, 6.07) is 66.2. The molecule has 1 nitrogen and oxygen atoms in total. The standard InChI is InChI=1S/C54H43N/c1-2-10-37(11-3-1)38-18-20-39(21-19-38)40-22-24-44(25-23-40)55(53-33-41-12-4-5-13-46(41)47-14-6-7-16-50(47)53)45-26-27-49-48-15-8-9-17-51(48)54(52(49)34-45)42-29-35-28-36(31-42)32-43(54)30-35/h1-27,33-36,42-43H,28-32H2. The van der Waals surface area contributed by atoms with Crippen molar-refractivity contribution in [3.63, 3.8) is 0 Å². The van der Waals surface area contributed by atoms with Crippen LogP contribution in [-0.2, 0) is 5.41 Å². The van der Waals surface area contributed by atoms with Crippen molar-refractivity contribution in [3.8, 4) is 33.4 Å². The van der Waals surface area contributed by atoms with Crippen LogP contribution < -0.4 is 4.90 Å². The lowest BCUT2D eigenvalue weighted by Gasteiger charge is -2.61. The zero-order valence-electron chi connectivity index (χ0n) is 31.0. The highest BCUT2D eigenvalue weighted by Crippen LogP contribution is 2.69. The zero-order chi connectivity index (χ0) is 36.1. The molecule has 1 heteroatoms. The molecule has 4 bridgehead atoms. The molecule has 8 aromatic rings. The minimum absolute atomic E-state index is 0.113. The van der Waals surface area contributed by atoms with Crippen LogP contribution in [0.2, 0.25) is 0 Å². The Balaban J connectivity index is 1.04. The van der Waals surface area contributed by atoms with Crippen LogP contribution in [-0.4, -0.2) is 0 Å². The fourth-order valence-corrected chi connectivity index (χ4v) is 12.2. The molecule has 0 atom stereocenters. The number of benzene rings is 8. The van der Waals surface area contributed by atoms with Crippen molar-refractivity contribution in [1.82, 2.24) is 0 Å². The highest BCUT2D eigenvalue weighted by Gasteiger charge is 2.61. The van der Waals surface area contributed by atoms with E-state index in [-0.39, 0.29) is 5.41 Å². The smallest absolute Gasteiger partial charge is 0.0546 e. The number of fused-ring (bicyclic) bond motifs is 6. The molecule has 0 aliphatic heterocycles. The van der Waals surface area contributed by atoms with Crippen LogP contribution in [0.5, 0.6) is 0 Å². The molecular formula is C54H43N. The van der Waals surface area contributed by atoms with Gasteiger partial charge in [0.25, 0.3) is 0 Å². The van der Waals surface area contributed by atoms with Crippen molar-refractivity contribution in [2.45, 2.75) is 37.5 Å². The molecule has 0 saturated heterocycles. The lowest BCUT2D eigenvalue weighted by molar-refractivity contribution is -0.0399. The van der Waals surface area contributed by atoms with Crippen LogP contribution in [0.1, 0.15) is 43.2 Å². The van der Waals surface area contributed by atoms with E-state index in [0.29, 0.717) is 0 Å². The van der Waals surface area contributed by atoms with Crippen molar-refractivity contribution in [1.29, 1.82) is 0 Å². The summed E-state index contributed by atoms with van der Waals surface area (Å²) in [5, 5.41) is 5.13. The summed E-state index contributed by atoms with van der Waals surface area (Å²) in [6.45, 7) is 0. The van der Waals surface area contributed by atoms with E-state index in [1.54, 1.807) is 11.1 Å². The van der Waals surface area contributed by atoms with Crippen LogP contribution in [0.15, 0.2) is 176 Å². The highest BCUT2D eigenvalue weighted by atomic mass is 15.1. The summed E-state index contributed by atoms with van der Waals surface area (Å²) in [6.07, 6.45) is 7.01. The van der Waals surface area contributed by atoms with Gasteiger partial charge in [-0.3, -0.25) is 0 Å². The average molecular weight is 706 g/mol. The number of nitrogens with zero attached hydrogens (tertiary/aromatic N) is 1. The topological polar surface area (TPSA) is 3.24 Å². The Hall–Kier alpha value is -5.92. The lowest BCUT2D eigenvalue weighted by Crippen LogP contribution is -2.55. The third-order valence-corrected chi connectivity index (χ3v) is 14.2. The Labute approximate surface area is 323 Å². The van der Waals surface area contributed by atoms with Crippen LogP contribution in [0.3, 0.4) is 0 Å². The first-order valence-electron chi connectivity index (χ1n) is 20.4. The molecule has 55 heavy (non-hydrogen) atoms. The fourth-order valence-electron chi connectivity index (χ4n) is 12.2. The van der Waals surface area contributed by atoms with E-state index in [1.807, 2.05) is 0 Å². The molecule has 1 spiro atoms. The lowest BCUT2D eigenvalue weighted by atomic mass is 9.43. The van der Waals surface area contributed by atoms with Gasteiger partial charge in [0.05, 0.1) is 5.69 Å². The molecular weight excluding hydrogens is 663 g/mol. The van der Waals surface area contributed by atoms with Gasteiger partial charge < -0.3 is 4.90 Å². The van der Waals surface area contributed by atoms with Gasteiger partial charge in [0, 0.05) is 22.2 Å². The molecule has 0 aromatic heterocycles. The first-order valence-corrected chi connectivity index (χ1v) is 20.4. The predicted molar refractivity (Wildman–Crippen MR) is 230 cm³/mol. The molecule has 0 N–H and O–H groups in total. The summed E-state index contributed by atoms with van der Waals surface area (Å²) < 4.78 is 0. The Morgan fingerprint density at radius 1 is 0.382 bits per heavy atom. The second-order valence-electron chi connectivity index (χ2n) is 16.9. The van der Waals surface area contributed by atoms with Crippen LogP contribution in [0, 0.1) is 23.7 Å². The summed E-state index contributed by atoms with van der Waals surface area (Å²) in [7, 11) is 0. The fraction of sp³-hybridized carbons (Fsp3) is 0.185. The molecule has 4 saturated carbocycles.